The maximum absolute atomic E-state index is 5.55. The first-order valence-electron chi connectivity index (χ1n) is 2.56. The molecule has 1 aromatic heterocycles. The monoisotopic (exact) mass is 249 g/mol. The zero-order valence-electron chi connectivity index (χ0n) is 5.08. The van der Waals surface area contributed by atoms with Crippen molar-refractivity contribution in [2.45, 2.75) is 0 Å². The molecule has 1 heterocycles. The van der Waals surface area contributed by atoms with Crippen LogP contribution in [0.25, 0.3) is 0 Å². The van der Waals surface area contributed by atoms with E-state index in [1.807, 2.05) is 22.6 Å². The molecular weight excluding hydrogens is 243 g/mol. The quantitative estimate of drug-likeness (QED) is 0.374. The summed E-state index contributed by atoms with van der Waals surface area (Å²) < 4.78 is 0.726. The summed E-state index contributed by atoms with van der Waals surface area (Å²) >= 11 is 2.02. The second-order valence-corrected chi connectivity index (χ2v) is 2.65. The lowest BCUT2D eigenvalue weighted by Gasteiger charge is -1.95. The smallest absolute Gasteiger partial charge is 0.188 e. The number of nitrogens with zero attached hydrogens (tertiary/aromatic N) is 2. The molecule has 52 valence electrons. The van der Waals surface area contributed by atoms with E-state index in [4.69, 9.17) is 11.1 Å². The lowest BCUT2D eigenvalue weighted by Crippen LogP contribution is -2.31. The Balaban J connectivity index is 3.27. The summed E-state index contributed by atoms with van der Waals surface area (Å²) in [5.41, 5.74) is 6.67. The standard InChI is InChI=1S/C5H5IN4/c6-5-4(8)3(1-7)9-2-10-5/h1-2,7H,8H2/p+1. The van der Waals surface area contributed by atoms with Gasteiger partial charge in [-0.2, -0.15) is 0 Å². The minimum Gasteiger partial charge on any atom is -0.395 e. The van der Waals surface area contributed by atoms with Crippen LogP contribution in [-0.4, -0.2) is 16.2 Å². The highest BCUT2D eigenvalue weighted by molar-refractivity contribution is 14.1. The largest absolute Gasteiger partial charge is 0.395 e. The van der Waals surface area contributed by atoms with Crippen LogP contribution >= 0.6 is 22.6 Å². The Morgan fingerprint density at radius 3 is 2.80 bits per heavy atom. The summed E-state index contributed by atoms with van der Waals surface area (Å²) in [7, 11) is 0. The van der Waals surface area contributed by atoms with Gasteiger partial charge >= 0.3 is 0 Å². The fraction of sp³-hybridized carbons (Fsp3) is 0. The number of halogens is 1. The maximum atomic E-state index is 5.55. The van der Waals surface area contributed by atoms with E-state index in [9.17, 15) is 0 Å². The predicted octanol–water partition coefficient (Wildman–Crippen LogP) is -1.16. The number of hydrogen-bond acceptors (Lipinski definition) is 3. The molecule has 0 bridgehead atoms. The molecule has 0 atom stereocenters. The summed E-state index contributed by atoms with van der Waals surface area (Å²) in [6.07, 6.45) is 2.79. The number of rotatable bonds is 1. The van der Waals surface area contributed by atoms with Crippen molar-refractivity contribution in [1.82, 2.24) is 9.97 Å². The van der Waals surface area contributed by atoms with Gasteiger partial charge in [-0.25, -0.2) is 9.97 Å². The van der Waals surface area contributed by atoms with Gasteiger partial charge in [0.15, 0.2) is 11.9 Å². The fourth-order valence-corrected chi connectivity index (χ4v) is 0.920. The van der Waals surface area contributed by atoms with Gasteiger partial charge in [-0.15, -0.1) is 0 Å². The molecule has 1 aromatic rings. The molecule has 0 saturated carbocycles. The number of aromatic nitrogens is 2. The van der Waals surface area contributed by atoms with Crippen LogP contribution in [0, 0.1) is 3.70 Å². The van der Waals surface area contributed by atoms with Crippen LogP contribution < -0.4 is 11.1 Å². The summed E-state index contributed by atoms with van der Waals surface area (Å²) in [5, 5.41) is 5.22. The molecule has 1 rings (SSSR count). The summed E-state index contributed by atoms with van der Waals surface area (Å²) in [6, 6.07) is 0. The van der Waals surface area contributed by atoms with E-state index in [2.05, 4.69) is 9.97 Å². The van der Waals surface area contributed by atoms with Crippen molar-refractivity contribution in [3.8, 4) is 0 Å². The third kappa shape index (κ3) is 1.23. The van der Waals surface area contributed by atoms with Crippen LogP contribution in [0.15, 0.2) is 6.33 Å². The molecule has 0 aliphatic carbocycles. The molecule has 0 aliphatic heterocycles. The summed E-state index contributed by atoms with van der Waals surface area (Å²) in [5.74, 6) is 0. The fourth-order valence-electron chi connectivity index (χ4n) is 0.519. The van der Waals surface area contributed by atoms with Crippen molar-refractivity contribution >= 4 is 34.5 Å². The van der Waals surface area contributed by atoms with Crippen molar-refractivity contribution < 1.29 is 5.41 Å². The molecule has 4 nitrogen and oxygen atoms in total. The minimum atomic E-state index is 0.533. The average Bonchev–Trinajstić information content (AvgIpc) is 1.95. The zero-order chi connectivity index (χ0) is 7.56. The van der Waals surface area contributed by atoms with Gasteiger partial charge in [0.1, 0.15) is 10.0 Å². The number of nitrogen functional groups attached to an aromatic ring is 1. The molecule has 10 heavy (non-hydrogen) atoms. The van der Waals surface area contributed by atoms with E-state index in [0.29, 0.717) is 11.4 Å². The SMILES string of the molecule is Nc1c(I)ncnc1C=[NH2+]. The van der Waals surface area contributed by atoms with E-state index >= 15 is 0 Å². The van der Waals surface area contributed by atoms with Gasteiger partial charge in [0.05, 0.1) is 5.69 Å². The van der Waals surface area contributed by atoms with Gasteiger partial charge in [0.2, 0.25) is 0 Å². The Hall–Kier alpha value is -0.720. The first-order chi connectivity index (χ1) is 4.75. The van der Waals surface area contributed by atoms with E-state index < -0.39 is 0 Å². The van der Waals surface area contributed by atoms with E-state index in [0.717, 1.165) is 3.70 Å². The maximum Gasteiger partial charge on any atom is 0.188 e. The summed E-state index contributed by atoms with van der Waals surface area (Å²) in [4.78, 5) is 7.70. The zero-order valence-corrected chi connectivity index (χ0v) is 7.24. The van der Waals surface area contributed by atoms with Crippen LogP contribution in [0.5, 0.6) is 0 Å². The topological polar surface area (TPSA) is 77.4 Å². The molecular formula is C5H6IN4+. The summed E-state index contributed by atoms with van der Waals surface area (Å²) in [6.45, 7) is 0. The minimum absolute atomic E-state index is 0.533. The molecule has 0 aliphatic rings. The Morgan fingerprint density at radius 2 is 2.30 bits per heavy atom. The van der Waals surface area contributed by atoms with E-state index in [-0.39, 0.29) is 0 Å². The molecule has 4 N–H and O–H groups in total. The van der Waals surface area contributed by atoms with E-state index in [1.54, 1.807) is 0 Å². The molecule has 0 aromatic carbocycles. The second-order valence-electron chi connectivity index (χ2n) is 1.63. The molecule has 0 unspecified atom stereocenters. The first-order valence-corrected chi connectivity index (χ1v) is 3.64. The Morgan fingerprint density at radius 1 is 1.60 bits per heavy atom. The molecule has 0 radical (unpaired) electrons. The van der Waals surface area contributed by atoms with Crippen LogP contribution in [0.2, 0.25) is 0 Å². The van der Waals surface area contributed by atoms with Gasteiger partial charge in [0, 0.05) is 0 Å². The Labute approximate surface area is 71.5 Å². The van der Waals surface area contributed by atoms with Crippen LogP contribution in [-0.2, 0) is 0 Å². The van der Waals surface area contributed by atoms with Crippen LogP contribution in [0.3, 0.4) is 0 Å². The number of nitrogens with two attached hydrogens (primary N) is 2. The van der Waals surface area contributed by atoms with Crippen molar-refractivity contribution in [3.63, 3.8) is 0 Å². The van der Waals surface area contributed by atoms with Gasteiger partial charge in [0.25, 0.3) is 0 Å². The molecule has 0 fully saturated rings. The third-order valence-electron chi connectivity index (χ3n) is 1.02. The predicted molar refractivity (Wildman–Crippen MR) is 46.3 cm³/mol. The van der Waals surface area contributed by atoms with Crippen molar-refractivity contribution in [2.75, 3.05) is 5.73 Å². The van der Waals surface area contributed by atoms with Crippen LogP contribution in [0.1, 0.15) is 5.69 Å². The average molecular weight is 249 g/mol. The van der Waals surface area contributed by atoms with Gasteiger partial charge in [-0.1, -0.05) is 0 Å². The highest BCUT2D eigenvalue weighted by atomic mass is 127. The van der Waals surface area contributed by atoms with Gasteiger partial charge in [-0.3, -0.25) is 5.41 Å². The molecule has 5 heteroatoms. The van der Waals surface area contributed by atoms with Crippen molar-refractivity contribution in [2.24, 2.45) is 0 Å². The Kier molecular flexibility index (Phi) is 2.15. The Bertz CT molecular complexity index is 260. The van der Waals surface area contributed by atoms with Crippen LogP contribution in [0.4, 0.5) is 5.69 Å². The highest BCUT2D eigenvalue weighted by Gasteiger charge is 2.02. The second kappa shape index (κ2) is 2.91. The third-order valence-corrected chi connectivity index (χ3v) is 1.88. The first kappa shape index (κ1) is 7.39. The number of anilines is 1. The normalized spacial score (nSPS) is 9.30. The number of hydrogen-bond donors (Lipinski definition) is 2. The van der Waals surface area contributed by atoms with E-state index in [1.165, 1.54) is 12.5 Å². The molecule has 0 saturated heterocycles. The lowest BCUT2D eigenvalue weighted by molar-refractivity contribution is -0.104. The molecule has 0 amide bonds. The van der Waals surface area contributed by atoms with Gasteiger partial charge < -0.3 is 5.73 Å². The van der Waals surface area contributed by atoms with Crippen molar-refractivity contribution in [3.05, 3.63) is 15.7 Å². The molecule has 0 spiro atoms. The van der Waals surface area contributed by atoms with Crippen molar-refractivity contribution in [1.29, 1.82) is 0 Å². The van der Waals surface area contributed by atoms with Gasteiger partial charge in [-0.05, 0) is 22.6 Å². The lowest BCUT2D eigenvalue weighted by atomic mass is 10.4. The highest BCUT2D eigenvalue weighted by Crippen LogP contribution is 2.11.